The molecule has 3 aromatic rings. The van der Waals surface area contributed by atoms with Gasteiger partial charge in [-0.05, 0) is 49.1 Å². The van der Waals surface area contributed by atoms with E-state index in [1.165, 1.54) is 35.8 Å². The van der Waals surface area contributed by atoms with E-state index >= 15 is 0 Å². The average Bonchev–Trinajstić information content (AvgIpc) is 3.25. The number of piperidine rings is 1. The van der Waals surface area contributed by atoms with Gasteiger partial charge in [0.25, 0.3) is 0 Å². The number of ether oxygens (including phenoxy) is 2. The topological polar surface area (TPSA) is 71.6 Å². The van der Waals surface area contributed by atoms with E-state index in [4.69, 9.17) is 9.47 Å². The van der Waals surface area contributed by atoms with E-state index in [1.807, 2.05) is 17.8 Å². The number of carbonyl (C=O) groups is 2. The van der Waals surface area contributed by atoms with Gasteiger partial charge in [0.1, 0.15) is 0 Å². The number of H-pyrrole nitrogens is 1. The monoisotopic (exact) mass is 464 g/mol. The molecule has 2 aliphatic heterocycles. The number of nitrogens with one attached hydrogen (secondary N) is 1. The summed E-state index contributed by atoms with van der Waals surface area (Å²) in [5.41, 5.74) is 3.67. The van der Waals surface area contributed by atoms with Gasteiger partial charge in [-0.1, -0.05) is 36.4 Å². The van der Waals surface area contributed by atoms with Gasteiger partial charge < -0.3 is 14.5 Å². The fraction of sp³-hybridized carbons (Fsp3) is 0.385. The van der Waals surface area contributed by atoms with Gasteiger partial charge in [-0.2, -0.15) is 0 Å². The molecule has 0 saturated carbocycles. The largest absolute Gasteiger partial charge is 0.468 e. The van der Waals surface area contributed by atoms with Gasteiger partial charge in [-0.3, -0.25) is 14.5 Å². The van der Waals surface area contributed by atoms with Crippen LogP contribution in [-0.2, 0) is 19.1 Å². The van der Waals surface area contributed by atoms with Crippen LogP contribution in [-0.4, -0.2) is 49.1 Å². The lowest BCUT2D eigenvalue weighted by Gasteiger charge is -2.45. The Morgan fingerprint density at radius 3 is 2.45 bits per heavy atom. The van der Waals surface area contributed by atoms with Gasteiger partial charge >= 0.3 is 11.9 Å². The van der Waals surface area contributed by atoms with Crippen LogP contribution >= 0.6 is 11.8 Å². The smallest absolute Gasteiger partial charge is 0.320 e. The summed E-state index contributed by atoms with van der Waals surface area (Å²) in [5.74, 6) is -2.02. The zero-order valence-electron chi connectivity index (χ0n) is 18.8. The highest BCUT2D eigenvalue weighted by Gasteiger charge is 2.45. The van der Waals surface area contributed by atoms with Crippen molar-refractivity contribution >= 4 is 34.6 Å². The number of esters is 2. The van der Waals surface area contributed by atoms with Gasteiger partial charge in [0.05, 0.1) is 20.3 Å². The molecule has 1 N–H and O–H groups in total. The molecule has 33 heavy (non-hydrogen) atoms. The summed E-state index contributed by atoms with van der Waals surface area (Å²) >= 11 is 1.90. The van der Waals surface area contributed by atoms with Gasteiger partial charge in [0.15, 0.2) is 5.92 Å². The quantitative estimate of drug-likeness (QED) is 0.435. The Bertz CT molecular complexity index is 1150. The molecule has 0 bridgehead atoms. The molecule has 0 radical (unpaired) electrons. The molecule has 5 rings (SSSR count). The van der Waals surface area contributed by atoms with E-state index in [2.05, 4.69) is 58.4 Å². The number of benzene rings is 2. The number of thioether (sulfide) groups is 1. The molecule has 6 nitrogen and oxygen atoms in total. The fourth-order valence-electron chi connectivity index (χ4n) is 5.46. The van der Waals surface area contributed by atoms with Gasteiger partial charge in [0, 0.05) is 33.3 Å². The lowest BCUT2D eigenvalue weighted by atomic mass is 9.78. The lowest BCUT2D eigenvalue weighted by molar-refractivity contribution is -0.163. The summed E-state index contributed by atoms with van der Waals surface area (Å²) < 4.78 is 9.92. The molecule has 0 amide bonds. The molecule has 2 aliphatic rings. The maximum Gasteiger partial charge on any atom is 0.320 e. The Morgan fingerprint density at radius 2 is 1.73 bits per heavy atom. The number of rotatable bonds is 5. The zero-order chi connectivity index (χ0) is 22.9. The van der Waals surface area contributed by atoms with Gasteiger partial charge in [0.2, 0.25) is 0 Å². The number of fused-ring (bicyclic) bond motifs is 5. The standard InChI is InChI=1S/C26H28N2O4S/c1-31-25(29)22(26(30)32-2)16-12-13-28-15-21(33-17-8-4-3-5-9-17)23-18-10-6-7-11-19(18)27-24(23)20(28)14-16/h3-11,16,20-22,27H,12-15H2,1-2H3/t16-,20+,21?/m1/s1. The van der Waals surface area contributed by atoms with E-state index in [1.54, 1.807) is 0 Å². The highest BCUT2D eigenvalue weighted by molar-refractivity contribution is 7.99. The van der Waals surface area contributed by atoms with Crippen molar-refractivity contribution in [3.63, 3.8) is 0 Å². The molecule has 7 heteroatoms. The van der Waals surface area contributed by atoms with Crippen molar-refractivity contribution in [3.05, 3.63) is 65.9 Å². The van der Waals surface area contributed by atoms with Crippen molar-refractivity contribution in [3.8, 4) is 0 Å². The highest BCUT2D eigenvalue weighted by Crippen LogP contribution is 2.51. The number of hydrogen-bond donors (Lipinski definition) is 1. The van der Waals surface area contributed by atoms with E-state index in [0.717, 1.165) is 25.0 Å². The van der Waals surface area contributed by atoms with Crippen molar-refractivity contribution in [1.82, 2.24) is 9.88 Å². The average molecular weight is 465 g/mol. The van der Waals surface area contributed by atoms with Crippen molar-refractivity contribution in [1.29, 1.82) is 0 Å². The zero-order valence-corrected chi connectivity index (χ0v) is 19.6. The molecule has 1 unspecified atom stereocenters. The third kappa shape index (κ3) is 4.04. The van der Waals surface area contributed by atoms with Crippen LogP contribution in [0.5, 0.6) is 0 Å². The van der Waals surface area contributed by atoms with Gasteiger partial charge in [-0.25, -0.2) is 0 Å². The first-order valence-electron chi connectivity index (χ1n) is 11.3. The second kappa shape index (κ2) is 9.23. The summed E-state index contributed by atoms with van der Waals surface area (Å²) in [6.45, 7) is 1.74. The number of carbonyl (C=O) groups excluding carboxylic acids is 2. The summed E-state index contributed by atoms with van der Waals surface area (Å²) in [5, 5.41) is 1.54. The van der Waals surface area contributed by atoms with Crippen LogP contribution in [0.25, 0.3) is 10.9 Å². The lowest BCUT2D eigenvalue weighted by Crippen LogP contribution is -2.46. The Morgan fingerprint density at radius 1 is 1.03 bits per heavy atom. The van der Waals surface area contributed by atoms with E-state index in [-0.39, 0.29) is 12.0 Å². The minimum Gasteiger partial charge on any atom is -0.468 e. The number of aromatic nitrogens is 1. The first-order valence-corrected chi connectivity index (χ1v) is 12.2. The van der Waals surface area contributed by atoms with Crippen LogP contribution in [0.2, 0.25) is 0 Å². The van der Waals surface area contributed by atoms with Crippen molar-refractivity contribution in [2.45, 2.75) is 29.0 Å². The number of hydrogen-bond acceptors (Lipinski definition) is 6. The SMILES string of the molecule is COC(=O)C(C(=O)OC)[C@@H]1CCN2CC(Sc3ccccc3)c3c([nH]c4ccccc34)[C@@H]2C1. The summed E-state index contributed by atoms with van der Waals surface area (Å²) in [6.07, 6.45) is 1.46. The van der Waals surface area contributed by atoms with E-state index in [0.29, 0.717) is 11.7 Å². The number of aromatic amines is 1. The second-order valence-electron chi connectivity index (χ2n) is 8.74. The Labute approximate surface area is 197 Å². The van der Waals surface area contributed by atoms with Gasteiger partial charge in [-0.15, -0.1) is 11.8 Å². The Balaban J connectivity index is 1.52. The van der Waals surface area contributed by atoms with Crippen molar-refractivity contribution in [2.75, 3.05) is 27.3 Å². The molecule has 2 aromatic carbocycles. The van der Waals surface area contributed by atoms with Crippen molar-refractivity contribution in [2.24, 2.45) is 11.8 Å². The maximum atomic E-state index is 12.5. The third-order valence-electron chi connectivity index (χ3n) is 6.99. The highest BCUT2D eigenvalue weighted by atomic mass is 32.2. The molecule has 0 spiro atoms. The van der Waals surface area contributed by atoms with Crippen LogP contribution in [0.1, 0.15) is 35.4 Å². The first kappa shape index (κ1) is 22.0. The number of methoxy groups -OCH3 is 2. The normalized spacial score (nSPS) is 22.6. The molecule has 1 saturated heterocycles. The van der Waals surface area contributed by atoms with E-state index in [9.17, 15) is 9.59 Å². The molecule has 3 heterocycles. The molecule has 0 aliphatic carbocycles. The summed E-state index contributed by atoms with van der Waals surface area (Å²) in [7, 11) is 2.66. The van der Waals surface area contributed by atoms with Crippen LogP contribution in [0.15, 0.2) is 59.5 Å². The molecular formula is C26H28N2O4S. The first-order chi connectivity index (χ1) is 16.1. The third-order valence-corrected chi connectivity index (χ3v) is 8.20. The van der Waals surface area contributed by atoms with Crippen LogP contribution in [0, 0.1) is 11.8 Å². The molecule has 172 valence electrons. The predicted octanol–water partition coefficient (Wildman–Crippen LogP) is 4.73. The number of nitrogens with zero attached hydrogens (tertiary/aromatic N) is 1. The minimum atomic E-state index is -0.883. The second-order valence-corrected chi connectivity index (χ2v) is 10.0. The predicted molar refractivity (Wildman–Crippen MR) is 128 cm³/mol. The Kier molecular flexibility index (Phi) is 6.17. The van der Waals surface area contributed by atoms with Crippen LogP contribution in [0.3, 0.4) is 0 Å². The number of para-hydroxylation sites is 1. The fourth-order valence-corrected chi connectivity index (χ4v) is 6.74. The minimum absolute atomic E-state index is 0.121. The van der Waals surface area contributed by atoms with E-state index < -0.39 is 17.9 Å². The molecule has 1 aromatic heterocycles. The van der Waals surface area contributed by atoms with Crippen LogP contribution in [0.4, 0.5) is 0 Å². The summed E-state index contributed by atoms with van der Waals surface area (Å²) in [4.78, 5) is 32.4. The molecule has 1 fully saturated rings. The van der Waals surface area contributed by atoms with Crippen LogP contribution < -0.4 is 0 Å². The molecular weight excluding hydrogens is 436 g/mol. The van der Waals surface area contributed by atoms with Crippen molar-refractivity contribution < 1.29 is 19.1 Å². The molecule has 3 atom stereocenters. The summed E-state index contributed by atoms with van der Waals surface area (Å²) in [6, 6.07) is 19.1. The Hall–Kier alpha value is -2.77. The maximum absolute atomic E-state index is 12.5.